The molecule has 1 unspecified atom stereocenters. The van der Waals surface area contributed by atoms with Gasteiger partial charge in [-0.2, -0.15) is 4.79 Å². The Kier molecular flexibility index (Phi) is 6.76. The molecule has 2 aromatic rings. The average Bonchev–Trinajstić information content (AvgIpc) is 3.19. The average molecular weight is 472 g/mol. The topological polar surface area (TPSA) is 111 Å². The number of ether oxygens (including phenoxy) is 2. The predicted octanol–water partition coefficient (Wildman–Crippen LogP) is 3.32. The minimum Gasteiger partial charge on any atom is -0.489 e. The Morgan fingerprint density at radius 3 is 2.77 bits per heavy atom. The first-order valence-electron chi connectivity index (χ1n) is 8.98. The summed E-state index contributed by atoms with van der Waals surface area (Å²) in [5.74, 6) is -0.736. The quantitative estimate of drug-likeness (QED) is 0.253. The lowest BCUT2D eigenvalue weighted by Crippen LogP contribution is -2.42. The summed E-state index contributed by atoms with van der Waals surface area (Å²) in [6.45, 7) is 0.391. The number of oxime groups is 1. The van der Waals surface area contributed by atoms with Crippen molar-refractivity contribution < 1.29 is 28.7 Å². The van der Waals surface area contributed by atoms with Crippen molar-refractivity contribution in [2.45, 2.75) is 25.0 Å². The fourth-order valence-corrected chi connectivity index (χ4v) is 3.44. The van der Waals surface area contributed by atoms with Crippen molar-refractivity contribution >= 4 is 39.6 Å². The molecule has 9 heteroatoms. The van der Waals surface area contributed by atoms with Crippen LogP contribution in [0.2, 0.25) is 0 Å². The first-order valence-corrected chi connectivity index (χ1v) is 9.77. The monoisotopic (exact) mass is 471 g/mol. The number of hydrogen-bond acceptors (Lipinski definition) is 6. The summed E-state index contributed by atoms with van der Waals surface area (Å²) >= 11 is 3.47. The molecule has 8 nitrogen and oxygen atoms in total. The molecule has 0 amide bonds. The molecule has 154 valence electrons. The van der Waals surface area contributed by atoms with Crippen LogP contribution in [0.5, 0.6) is 5.75 Å². The van der Waals surface area contributed by atoms with Crippen molar-refractivity contribution in [3.63, 3.8) is 0 Å². The third kappa shape index (κ3) is 4.82. The van der Waals surface area contributed by atoms with E-state index in [4.69, 9.17) is 15.1 Å². The summed E-state index contributed by atoms with van der Waals surface area (Å²) in [5, 5.41) is 4.03. The van der Waals surface area contributed by atoms with Gasteiger partial charge < -0.3 is 19.8 Å². The van der Waals surface area contributed by atoms with Gasteiger partial charge in [-0.25, -0.2) is 0 Å². The molecule has 1 aliphatic heterocycles. The van der Waals surface area contributed by atoms with Crippen LogP contribution in [0.1, 0.15) is 24.0 Å². The van der Waals surface area contributed by atoms with Gasteiger partial charge in [0.1, 0.15) is 12.4 Å². The minimum atomic E-state index is -1.63. The summed E-state index contributed by atoms with van der Waals surface area (Å²) in [6, 6.07) is 15.1. The fraction of sp³-hybridized carbons (Fsp3) is 0.238. The van der Waals surface area contributed by atoms with Crippen LogP contribution in [-0.2, 0) is 25.8 Å². The minimum absolute atomic E-state index is 0.00626. The van der Waals surface area contributed by atoms with Crippen LogP contribution in [0.15, 0.2) is 58.2 Å². The second kappa shape index (κ2) is 9.47. The van der Waals surface area contributed by atoms with Crippen LogP contribution < -0.4 is 4.74 Å². The number of halogens is 1. The Labute approximate surface area is 181 Å². The van der Waals surface area contributed by atoms with Gasteiger partial charge in [0.05, 0.1) is 19.2 Å². The fourth-order valence-electron chi connectivity index (χ4n) is 2.97. The summed E-state index contributed by atoms with van der Waals surface area (Å²) in [5.41, 5.74) is 9.22. The van der Waals surface area contributed by atoms with Crippen LogP contribution in [-0.4, -0.2) is 41.2 Å². The zero-order valence-electron chi connectivity index (χ0n) is 16.1. The molecule has 1 atom stereocenters. The molecule has 0 radical (unpaired) electrons. The summed E-state index contributed by atoms with van der Waals surface area (Å²) < 4.78 is 11.2. The van der Waals surface area contributed by atoms with Crippen molar-refractivity contribution in [2.24, 2.45) is 5.16 Å². The maximum atomic E-state index is 12.5. The molecule has 0 N–H and O–H groups in total. The molecule has 3 rings (SSSR count). The van der Waals surface area contributed by atoms with Crippen LogP contribution in [0.3, 0.4) is 0 Å². The van der Waals surface area contributed by atoms with E-state index in [1.54, 1.807) is 18.2 Å². The first kappa shape index (κ1) is 21.4. The van der Waals surface area contributed by atoms with Gasteiger partial charge in [-0.15, -0.1) is 0 Å². The van der Waals surface area contributed by atoms with Gasteiger partial charge in [0, 0.05) is 16.5 Å². The van der Waals surface area contributed by atoms with E-state index < -0.39 is 17.4 Å². The van der Waals surface area contributed by atoms with Gasteiger partial charge >= 0.3 is 12.2 Å². The Bertz CT molecular complexity index is 1030. The van der Waals surface area contributed by atoms with Gasteiger partial charge in [0.15, 0.2) is 0 Å². The number of Topliss-reactive ketones (excluding diaryl/α,β-unsaturated/α-hetero) is 1. The van der Waals surface area contributed by atoms with Gasteiger partial charge in [-0.1, -0.05) is 51.4 Å². The standard InChI is InChI=1S/C21H18BrN3O5/c1-28-20(27)11-21(19(26)12-24-23)10-18(25-30-21)16-9-15(7-8-17(16)22)29-13-14-5-3-2-4-6-14/h2-9,12H,10-11,13H2,1H3. The Balaban J connectivity index is 1.82. The molecular weight excluding hydrogens is 454 g/mol. The number of ketones is 1. The highest BCUT2D eigenvalue weighted by Crippen LogP contribution is 2.34. The molecule has 1 aliphatic rings. The number of methoxy groups -OCH3 is 1. The molecule has 2 aromatic carbocycles. The lowest BCUT2D eigenvalue weighted by Gasteiger charge is -2.20. The molecular formula is C21H18BrN3O5. The van der Waals surface area contributed by atoms with Crippen LogP contribution >= 0.6 is 15.9 Å². The number of hydrogen-bond donors (Lipinski definition) is 0. The van der Waals surface area contributed by atoms with Gasteiger partial charge in [0.2, 0.25) is 5.60 Å². The molecule has 0 fully saturated rings. The van der Waals surface area contributed by atoms with E-state index >= 15 is 0 Å². The van der Waals surface area contributed by atoms with Gasteiger partial charge in [-0.3, -0.25) is 9.59 Å². The number of rotatable bonds is 8. The molecule has 0 aliphatic carbocycles. The molecule has 0 aromatic heterocycles. The van der Waals surface area contributed by atoms with Crippen molar-refractivity contribution in [2.75, 3.05) is 7.11 Å². The van der Waals surface area contributed by atoms with Crippen molar-refractivity contribution in [1.29, 1.82) is 0 Å². The SMILES string of the molecule is COC(=O)CC1(C(=O)C=[N+]=[N-])CC(c2cc(OCc3ccccc3)ccc2Br)=NO1. The van der Waals surface area contributed by atoms with E-state index in [1.165, 1.54) is 7.11 Å². The second-order valence-corrected chi connectivity index (χ2v) is 7.43. The van der Waals surface area contributed by atoms with Crippen molar-refractivity contribution in [3.8, 4) is 5.75 Å². The van der Waals surface area contributed by atoms with Crippen LogP contribution in [0.25, 0.3) is 5.53 Å². The normalized spacial score (nSPS) is 17.3. The Morgan fingerprint density at radius 1 is 1.30 bits per heavy atom. The molecule has 30 heavy (non-hydrogen) atoms. The van der Waals surface area contributed by atoms with Crippen molar-refractivity contribution in [1.82, 2.24) is 0 Å². The van der Waals surface area contributed by atoms with Gasteiger partial charge in [0.25, 0.3) is 5.78 Å². The second-order valence-electron chi connectivity index (χ2n) is 6.58. The van der Waals surface area contributed by atoms with E-state index in [0.29, 0.717) is 34.3 Å². The first-order chi connectivity index (χ1) is 14.5. The summed E-state index contributed by atoms with van der Waals surface area (Å²) in [4.78, 5) is 32.4. The molecule has 1 heterocycles. The smallest absolute Gasteiger partial charge is 0.327 e. The summed E-state index contributed by atoms with van der Waals surface area (Å²) in [7, 11) is 1.21. The summed E-state index contributed by atoms with van der Waals surface area (Å²) in [6.07, 6.45) is 0.312. The van der Waals surface area contributed by atoms with E-state index in [-0.39, 0.29) is 12.8 Å². The van der Waals surface area contributed by atoms with E-state index in [0.717, 1.165) is 5.56 Å². The van der Waals surface area contributed by atoms with E-state index in [1.807, 2.05) is 30.3 Å². The zero-order chi connectivity index (χ0) is 21.6. The van der Waals surface area contributed by atoms with Crippen LogP contribution in [0.4, 0.5) is 0 Å². The highest BCUT2D eigenvalue weighted by atomic mass is 79.9. The number of carbonyl (C=O) groups excluding carboxylic acids is 2. The molecule has 0 saturated heterocycles. The number of carbonyl (C=O) groups is 2. The number of esters is 1. The lowest BCUT2D eigenvalue weighted by atomic mass is 9.87. The Morgan fingerprint density at radius 2 is 2.07 bits per heavy atom. The highest BCUT2D eigenvalue weighted by Gasteiger charge is 2.50. The third-order valence-corrected chi connectivity index (χ3v) is 5.25. The highest BCUT2D eigenvalue weighted by molar-refractivity contribution is 9.10. The van der Waals surface area contributed by atoms with E-state index in [9.17, 15) is 9.59 Å². The third-order valence-electron chi connectivity index (χ3n) is 4.56. The number of benzene rings is 2. The maximum Gasteiger partial charge on any atom is 0.327 e. The van der Waals surface area contributed by atoms with Crippen LogP contribution in [0, 0.1) is 0 Å². The Hall–Kier alpha value is -3.29. The molecule has 0 bridgehead atoms. The largest absolute Gasteiger partial charge is 0.489 e. The predicted molar refractivity (Wildman–Crippen MR) is 111 cm³/mol. The molecule has 0 spiro atoms. The number of nitrogens with zero attached hydrogens (tertiary/aromatic N) is 3. The zero-order valence-corrected chi connectivity index (χ0v) is 17.7. The molecule has 0 saturated carbocycles. The van der Waals surface area contributed by atoms with Crippen molar-refractivity contribution in [3.05, 3.63) is 69.7 Å². The van der Waals surface area contributed by atoms with Gasteiger partial charge in [-0.05, 0) is 23.8 Å². The maximum absolute atomic E-state index is 12.5. The lowest BCUT2D eigenvalue weighted by molar-refractivity contribution is -0.154. The van der Waals surface area contributed by atoms with E-state index in [2.05, 4.69) is 30.6 Å².